The van der Waals surface area contributed by atoms with Gasteiger partial charge in [0.25, 0.3) is 0 Å². The Hall–Kier alpha value is -0.180. The van der Waals surface area contributed by atoms with Gasteiger partial charge < -0.3 is 5.73 Å². The quantitative estimate of drug-likeness (QED) is 0.776. The summed E-state index contributed by atoms with van der Waals surface area (Å²) in [6, 6.07) is 8.34. The van der Waals surface area contributed by atoms with E-state index in [1.165, 1.54) is 32.1 Å². The number of rotatable bonds is 5. The molecular weight excluding hydrogens is 274 g/mol. The minimum atomic E-state index is 0.298. The van der Waals surface area contributed by atoms with Crippen molar-refractivity contribution in [3.05, 3.63) is 29.3 Å². The zero-order valence-corrected chi connectivity index (χ0v) is 13.2. The Balaban J connectivity index is 1.90. The summed E-state index contributed by atoms with van der Waals surface area (Å²) in [6.45, 7) is 2.30. The standard InChI is InChI=1S/C16H24ClNS/c1-2-12-7-3-4-8-13(12)15(18)11-19-16-10-6-5-9-14(16)17/h5-6,9-10,12-13,15H,2-4,7-8,11,18H2,1H3. The summed E-state index contributed by atoms with van der Waals surface area (Å²) in [6.07, 6.45) is 6.69. The molecule has 0 aliphatic heterocycles. The smallest absolute Gasteiger partial charge is 0.0541 e. The minimum absolute atomic E-state index is 0.298. The van der Waals surface area contributed by atoms with Gasteiger partial charge in [0.2, 0.25) is 0 Å². The average molecular weight is 298 g/mol. The number of benzene rings is 1. The molecule has 0 bridgehead atoms. The molecule has 2 N–H and O–H groups in total. The van der Waals surface area contributed by atoms with Gasteiger partial charge in [-0.05, 0) is 30.4 Å². The van der Waals surface area contributed by atoms with Crippen LogP contribution in [0.4, 0.5) is 0 Å². The first-order chi connectivity index (χ1) is 9.22. The maximum absolute atomic E-state index is 6.45. The van der Waals surface area contributed by atoms with E-state index in [9.17, 15) is 0 Å². The van der Waals surface area contributed by atoms with Gasteiger partial charge in [0.15, 0.2) is 0 Å². The fourth-order valence-corrected chi connectivity index (χ4v) is 4.48. The Morgan fingerprint density at radius 3 is 2.79 bits per heavy atom. The van der Waals surface area contributed by atoms with Gasteiger partial charge >= 0.3 is 0 Å². The molecule has 1 aliphatic rings. The fraction of sp³-hybridized carbons (Fsp3) is 0.625. The number of thioether (sulfide) groups is 1. The third-order valence-electron chi connectivity index (χ3n) is 4.31. The zero-order chi connectivity index (χ0) is 13.7. The molecule has 1 aromatic rings. The average Bonchev–Trinajstić information content (AvgIpc) is 2.46. The van der Waals surface area contributed by atoms with E-state index in [1.807, 2.05) is 18.2 Å². The van der Waals surface area contributed by atoms with Crippen LogP contribution >= 0.6 is 23.4 Å². The molecule has 3 heteroatoms. The molecule has 3 atom stereocenters. The van der Waals surface area contributed by atoms with E-state index in [4.69, 9.17) is 17.3 Å². The van der Waals surface area contributed by atoms with Crippen LogP contribution in [-0.2, 0) is 0 Å². The van der Waals surface area contributed by atoms with Crippen LogP contribution in [0.15, 0.2) is 29.2 Å². The fourth-order valence-electron chi connectivity index (χ4n) is 3.18. The molecule has 0 aromatic heterocycles. The lowest BCUT2D eigenvalue weighted by atomic mass is 9.75. The summed E-state index contributed by atoms with van der Waals surface area (Å²) in [5.41, 5.74) is 6.45. The summed E-state index contributed by atoms with van der Waals surface area (Å²) in [5.74, 6) is 2.51. The molecule has 0 heterocycles. The molecule has 0 spiro atoms. The van der Waals surface area contributed by atoms with Crippen LogP contribution in [0.1, 0.15) is 39.0 Å². The monoisotopic (exact) mass is 297 g/mol. The Kier molecular flexibility index (Phi) is 6.06. The summed E-state index contributed by atoms with van der Waals surface area (Å²) >= 11 is 7.99. The molecule has 1 aliphatic carbocycles. The lowest BCUT2D eigenvalue weighted by Gasteiger charge is -2.35. The Labute approximate surface area is 126 Å². The third-order valence-corrected chi connectivity index (χ3v) is 5.97. The number of halogens is 1. The van der Waals surface area contributed by atoms with Gasteiger partial charge in [-0.3, -0.25) is 0 Å². The predicted octanol–water partition coefficient (Wildman–Crippen LogP) is 4.98. The first kappa shape index (κ1) is 15.2. The van der Waals surface area contributed by atoms with Crippen molar-refractivity contribution in [2.45, 2.75) is 50.0 Å². The highest BCUT2D eigenvalue weighted by Crippen LogP contribution is 2.36. The summed E-state index contributed by atoms with van der Waals surface area (Å²) in [5, 5.41) is 0.843. The van der Waals surface area contributed by atoms with Crippen LogP contribution in [0.25, 0.3) is 0 Å². The van der Waals surface area contributed by atoms with Crippen LogP contribution < -0.4 is 5.73 Å². The second kappa shape index (κ2) is 7.56. The van der Waals surface area contributed by atoms with Gasteiger partial charge in [0.1, 0.15) is 0 Å². The normalized spacial score (nSPS) is 25.2. The van der Waals surface area contributed by atoms with E-state index >= 15 is 0 Å². The van der Waals surface area contributed by atoms with Crippen molar-refractivity contribution >= 4 is 23.4 Å². The SMILES string of the molecule is CCC1CCCCC1C(N)CSc1ccccc1Cl. The second-order valence-corrected chi connectivity index (χ2v) is 6.99. The van der Waals surface area contributed by atoms with Crippen LogP contribution in [0.5, 0.6) is 0 Å². The molecule has 1 saturated carbocycles. The van der Waals surface area contributed by atoms with Crippen molar-refractivity contribution in [2.75, 3.05) is 5.75 Å². The summed E-state index contributed by atoms with van der Waals surface area (Å²) in [7, 11) is 0. The van der Waals surface area contributed by atoms with Crippen molar-refractivity contribution in [3.8, 4) is 0 Å². The topological polar surface area (TPSA) is 26.0 Å². The van der Waals surface area contributed by atoms with E-state index in [1.54, 1.807) is 11.8 Å². The lowest BCUT2D eigenvalue weighted by molar-refractivity contribution is 0.205. The molecule has 1 nitrogen and oxygen atoms in total. The molecule has 0 amide bonds. The van der Waals surface area contributed by atoms with Gasteiger partial charge in [-0.15, -0.1) is 11.8 Å². The predicted molar refractivity (Wildman–Crippen MR) is 85.9 cm³/mol. The van der Waals surface area contributed by atoms with Crippen LogP contribution in [-0.4, -0.2) is 11.8 Å². The maximum atomic E-state index is 6.45. The van der Waals surface area contributed by atoms with Gasteiger partial charge in [0, 0.05) is 16.7 Å². The first-order valence-corrected chi connectivity index (χ1v) is 8.71. The molecule has 19 heavy (non-hydrogen) atoms. The van der Waals surface area contributed by atoms with Crippen LogP contribution in [0, 0.1) is 11.8 Å². The van der Waals surface area contributed by atoms with E-state index in [-0.39, 0.29) is 0 Å². The molecule has 1 fully saturated rings. The van der Waals surface area contributed by atoms with Crippen molar-refractivity contribution in [2.24, 2.45) is 17.6 Å². The largest absolute Gasteiger partial charge is 0.327 e. The number of hydrogen-bond acceptors (Lipinski definition) is 2. The van der Waals surface area contributed by atoms with E-state index < -0.39 is 0 Å². The summed E-state index contributed by atoms with van der Waals surface area (Å²) in [4.78, 5) is 1.16. The van der Waals surface area contributed by atoms with E-state index in [0.29, 0.717) is 12.0 Å². The number of nitrogens with two attached hydrogens (primary N) is 1. The second-order valence-electron chi connectivity index (χ2n) is 5.52. The third kappa shape index (κ3) is 4.14. The Morgan fingerprint density at radius 2 is 2.05 bits per heavy atom. The molecule has 0 radical (unpaired) electrons. The Morgan fingerprint density at radius 1 is 1.32 bits per heavy atom. The van der Waals surface area contributed by atoms with Gasteiger partial charge in [-0.1, -0.05) is 56.3 Å². The van der Waals surface area contributed by atoms with E-state index in [0.717, 1.165) is 21.6 Å². The lowest BCUT2D eigenvalue weighted by Crippen LogP contribution is -2.38. The van der Waals surface area contributed by atoms with Crippen LogP contribution in [0.3, 0.4) is 0 Å². The molecule has 3 unspecified atom stereocenters. The van der Waals surface area contributed by atoms with Crippen molar-refractivity contribution in [1.82, 2.24) is 0 Å². The maximum Gasteiger partial charge on any atom is 0.0541 e. The van der Waals surface area contributed by atoms with Crippen molar-refractivity contribution < 1.29 is 0 Å². The van der Waals surface area contributed by atoms with Crippen LogP contribution in [0.2, 0.25) is 5.02 Å². The van der Waals surface area contributed by atoms with Gasteiger partial charge in [-0.2, -0.15) is 0 Å². The molecular formula is C16H24ClNS. The Bertz CT molecular complexity index is 396. The highest BCUT2D eigenvalue weighted by molar-refractivity contribution is 7.99. The van der Waals surface area contributed by atoms with Gasteiger partial charge in [-0.25, -0.2) is 0 Å². The highest BCUT2D eigenvalue weighted by atomic mass is 35.5. The number of hydrogen-bond donors (Lipinski definition) is 1. The molecule has 0 saturated heterocycles. The minimum Gasteiger partial charge on any atom is -0.327 e. The first-order valence-electron chi connectivity index (χ1n) is 7.35. The summed E-state index contributed by atoms with van der Waals surface area (Å²) < 4.78 is 0. The zero-order valence-electron chi connectivity index (χ0n) is 11.6. The molecule has 2 rings (SSSR count). The molecule has 1 aromatic carbocycles. The van der Waals surface area contributed by atoms with Gasteiger partial charge in [0.05, 0.1) is 5.02 Å². The van der Waals surface area contributed by atoms with E-state index in [2.05, 4.69) is 13.0 Å². The highest BCUT2D eigenvalue weighted by Gasteiger charge is 2.28. The van der Waals surface area contributed by atoms with Crippen molar-refractivity contribution in [3.63, 3.8) is 0 Å². The van der Waals surface area contributed by atoms with Crippen molar-refractivity contribution in [1.29, 1.82) is 0 Å². The molecule has 106 valence electrons.